The lowest BCUT2D eigenvalue weighted by molar-refractivity contribution is 0.512. The zero-order chi connectivity index (χ0) is 16.5. The number of carbonyl (C=O) groups excluding carboxylic acids is 2. The van der Waals surface area contributed by atoms with Crippen molar-refractivity contribution < 1.29 is 9.59 Å². The Hall–Kier alpha value is -2.64. The lowest BCUT2D eigenvalue weighted by Gasteiger charge is -2.23. The highest BCUT2D eigenvalue weighted by molar-refractivity contribution is 5.41. The van der Waals surface area contributed by atoms with E-state index in [2.05, 4.69) is 9.98 Å². The lowest BCUT2D eigenvalue weighted by Crippen LogP contribution is -2.18. The van der Waals surface area contributed by atoms with Crippen molar-refractivity contribution in [1.82, 2.24) is 0 Å². The molecule has 0 spiro atoms. The highest BCUT2D eigenvalue weighted by Gasteiger charge is 2.24. The summed E-state index contributed by atoms with van der Waals surface area (Å²) in [5.41, 5.74) is 0.465. The van der Waals surface area contributed by atoms with Crippen LogP contribution in [0.25, 0.3) is 0 Å². The monoisotopic (exact) mass is 286 g/mol. The first-order valence-corrected chi connectivity index (χ1v) is 6.12. The fourth-order valence-electron chi connectivity index (χ4n) is 1.64. The van der Waals surface area contributed by atoms with E-state index in [1.165, 1.54) is 6.01 Å². The summed E-state index contributed by atoms with van der Waals surface area (Å²) in [6.45, 7) is 7.31. The molecule has 110 valence electrons. The number of hydrogen-bond donors (Lipinski definition) is 2. The van der Waals surface area contributed by atoms with Gasteiger partial charge in [-0.25, -0.2) is 20.4 Å². The van der Waals surface area contributed by atoms with Crippen LogP contribution in [0, 0.1) is 10.8 Å². The minimum Gasteiger partial charge on any atom is -0.242 e. The van der Waals surface area contributed by atoms with Crippen LogP contribution in [0.4, 0.5) is 0 Å². The van der Waals surface area contributed by atoms with Crippen LogP contribution < -0.4 is 0 Å². The van der Waals surface area contributed by atoms with Gasteiger partial charge in [0.1, 0.15) is 0 Å². The fourth-order valence-corrected chi connectivity index (χ4v) is 1.64. The van der Waals surface area contributed by atoms with Gasteiger partial charge in [-0.15, -0.1) is 0 Å². The van der Waals surface area contributed by atoms with E-state index in [1.807, 2.05) is 52.0 Å². The molecule has 0 aliphatic rings. The van der Waals surface area contributed by atoms with E-state index in [1.54, 1.807) is 12.2 Å². The molecule has 0 heterocycles. The fraction of sp³-hybridized carbons (Fsp3) is 0.400. The molecule has 1 rings (SSSR count). The van der Waals surface area contributed by atoms with Crippen LogP contribution in [0.1, 0.15) is 38.8 Å². The third-order valence-corrected chi connectivity index (χ3v) is 2.93. The maximum atomic E-state index is 10.4. The summed E-state index contributed by atoms with van der Waals surface area (Å²) in [6, 6.07) is 8.76. The van der Waals surface area contributed by atoms with Crippen LogP contribution >= 0.6 is 0 Å². The topological polar surface area (TPSA) is 107 Å². The van der Waals surface area contributed by atoms with Gasteiger partial charge in [0, 0.05) is 0 Å². The Balaban J connectivity index is 0.00000122. The minimum atomic E-state index is -0.640. The summed E-state index contributed by atoms with van der Waals surface area (Å²) < 4.78 is 0. The van der Waals surface area contributed by atoms with Gasteiger partial charge in [-0.1, -0.05) is 24.3 Å². The lowest BCUT2D eigenvalue weighted by atomic mass is 9.88. The van der Waals surface area contributed by atoms with Gasteiger partial charge in [0.05, 0.1) is 17.1 Å². The first kappa shape index (κ1) is 18.4. The molecule has 2 N–H and O–H groups in total. The highest BCUT2D eigenvalue weighted by atomic mass is 16.1. The first-order chi connectivity index (χ1) is 9.75. The Morgan fingerprint density at radius 1 is 0.905 bits per heavy atom. The zero-order valence-electron chi connectivity index (χ0n) is 12.5. The Morgan fingerprint density at radius 3 is 1.52 bits per heavy atom. The van der Waals surface area contributed by atoms with Crippen molar-refractivity contribution in [3.05, 3.63) is 35.4 Å². The molecule has 6 heteroatoms. The summed E-state index contributed by atoms with van der Waals surface area (Å²) in [5, 5.41) is 11.2. The SMILES string of the molecule is CC(C)(N=C=O)c1cccc(C(C)(C)N=C=O)c1.N=C=N. The summed E-state index contributed by atoms with van der Waals surface area (Å²) in [7, 11) is 0. The van der Waals surface area contributed by atoms with Crippen molar-refractivity contribution in [1.29, 1.82) is 10.8 Å². The number of benzene rings is 1. The molecule has 1 aromatic rings. The van der Waals surface area contributed by atoms with Crippen LogP contribution in [0.15, 0.2) is 34.3 Å². The average Bonchev–Trinajstić information content (AvgIpc) is 2.40. The minimum absolute atomic E-state index is 0.640. The van der Waals surface area contributed by atoms with E-state index >= 15 is 0 Å². The third kappa shape index (κ3) is 5.47. The molecule has 21 heavy (non-hydrogen) atoms. The highest BCUT2D eigenvalue weighted by Crippen LogP contribution is 2.30. The second-order valence-electron chi connectivity index (χ2n) is 5.23. The number of nitrogens with one attached hydrogen (secondary N) is 2. The number of hydrogen-bond acceptors (Lipinski definition) is 6. The molecule has 0 radical (unpaired) electrons. The number of isocyanates is 2. The van der Waals surface area contributed by atoms with Gasteiger partial charge in [0.2, 0.25) is 12.2 Å². The van der Waals surface area contributed by atoms with Crippen LogP contribution in [0.3, 0.4) is 0 Å². The standard InChI is InChI=1S/C14H16N2O2.CH2N2/c1-13(2,15-9-17)11-6-5-7-12(8-11)14(3,4)16-10-18;2-1-3/h5-8H,1-4H3;2-3H. The van der Waals surface area contributed by atoms with E-state index in [0.717, 1.165) is 11.1 Å². The molecular weight excluding hydrogens is 268 g/mol. The molecule has 0 aliphatic heterocycles. The van der Waals surface area contributed by atoms with Gasteiger partial charge in [0.25, 0.3) is 0 Å². The maximum Gasteiger partial charge on any atom is 0.235 e. The molecular formula is C15H18N4O2. The summed E-state index contributed by atoms with van der Waals surface area (Å²) in [4.78, 5) is 28.4. The predicted octanol–water partition coefficient (Wildman–Crippen LogP) is 3.15. The van der Waals surface area contributed by atoms with E-state index in [0.29, 0.717) is 0 Å². The van der Waals surface area contributed by atoms with Gasteiger partial charge >= 0.3 is 0 Å². The van der Waals surface area contributed by atoms with E-state index in [4.69, 9.17) is 10.8 Å². The van der Waals surface area contributed by atoms with Gasteiger partial charge < -0.3 is 0 Å². The maximum absolute atomic E-state index is 10.4. The third-order valence-electron chi connectivity index (χ3n) is 2.93. The van der Waals surface area contributed by atoms with E-state index < -0.39 is 11.1 Å². The van der Waals surface area contributed by atoms with Gasteiger partial charge in [-0.2, -0.15) is 9.98 Å². The van der Waals surface area contributed by atoms with Gasteiger partial charge in [0.15, 0.2) is 0 Å². The summed E-state index contributed by atoms with van der Waals surface area (Å²) >= 11 is 0. The average molecular weight is 286 g/mol. The Labute approximate surface area is 123 Å². The smallest absolute Gasteiger partial charge is 0.235 e. The van der Waals surface area contributed by atoms with Crippen molar-refractivity contribution in [3.8, 4) is 0 Å². The van der Waals surface area contributed by atoms with Crippen LogP contribution in [-0.2, 0) is 20.7 Å². The van der Waals surface area contributed by atoms with Crippen LogP contribution in [0.2, 0.25) is 0 Å². The van der Waals surface area contributed by atoms with E-state index in [9.17, 15) is 9.59 Å². The number of nitrogens with zero attached hydrogens (tertiary/aromatic N) is 2. The molecule has 0 amide bonds. The molecule has 6 nitrogen and oxygen atoms in total. The quantitative estimate of drug-likeness (QED) is 0.655. The molecule has 0 aliphatic carbocycles. The predicted molar refractivity (Wildman–Crippen MR) is 79.2 cm³/mol. The first-order valence-electron chi connectivity index (χ1n) is 6.12. The number of aliphatic imine (C=N–C) groups is 2. The Kier molecular flexibility index (Phi) is 6.85. The van der Waals surface area contributed by atoms with Crippen molar-refractivity contribution >= 4 is 18.2 Å². The van der Waals surface area contributed by atoms with Crippen molar-refractivity contribution in [2.24, 2.45) is 9.98 Å². The normalized spacial score (nSPS) is 10.1. The molecule has 0 saturated carbocycles. The Bertz CT molecular complexity index is 571. The molecule has 0 saturated heterocycles. The van der Waals surface area contributed by atoms with Crippen LogP contribution in [-0.4, -0.2) is 18.2 Å². The second kappa shape index (κ2) is 7.83. The van der Waals surface area contributed by atoms with Crippen molar-refractivity contribution in [2.75, 3.05) is 0 Å². The second-order valence-corrected chi connectivity index (χ2v) is 5.23. The molecule has 0 unspecified atom stereocenters. The van der Waals surface area contributed by atoms with Crippen molar-refractivity contribution in [2.45, 2.75) is 38.8 Å². The van der Waals surface area contributed by atoms with Gasteiger partial charge in [-0.05, 0) is 38.8 Å². The summed E-state index contributed by atoms with van der Waals surface area (Å²) in [5.74, 6) is 0. The molecule has 0 fully saturated rings. The molecule has 0 aromatic heterocycles. The zero-order valence-corrected chi connectivity index (χ0v) is 12.5. The number of rotatable bonds is 4. The van der Waals surface area contributed by atoms with Crippen LogP contribution in [0.5, 0.6) is 0 Å². The molecule has 1 aromatic carbocycles. The van der Waals surface area contributed by atoms with E-state index in [-0.39, 0.29) is 0 Å². The molecule has 0 bridgehead atoms. The Morgan fingerprint density at radius 2 is 1.24 bits per heavy atom. The van der Waals surface area contributed by atoms with Crippen molar-refractivity contribution in [3.63, 3.8) is 0 Å². The summed E-state index contributed by atoms with van der Waals surface area (Å²) in [6.07, 6.45) is 3.16. The molecule has 0 atom stereocenters. The van der Waals surface area contributed by atoms with Gasteiger partial charge in [-0.3, -0.25) is 0 Å². The largest absolute Gasteiger partial charge is 0.242 e.